The van der Waals surface area contributed by atoms with Crippen molar-refractivity contribution in [2.24, 2.45) is 0 Å². The molecule has 2 aromatic heterocycles. The molecule has 0 bridgehead atoms. The van der Waals surface area contributed by atoms with Crippen LogP contribution in [-0.2, 0) is 31.5 Å². The molecule has 1 unspecified atom stereocenters. The maximum Gasteiger partial charge on any atom is 0.350 e. The maximum absolute atomic E-state index is 12.7. The van der Waals surface area contributed by atoms with Gasteiger partial charge in [-0.2, -0.15) is 15.3 Å². The van der Waals surface area contributed by atoms with Gasteiger partial charge in [0.15, 0.2) is 15.6 Å². The zero-order chi connectivity index (χ0) is 35.1. The van der Waals surface area contributed by atoms with Gasteiger partial charge in [-0.05, 0) is 85.6 Å². The van der Waals surface area contributed by atoms with Crippen LogP contribution in [0.15, 0.2) is 107 Å². The second-order valence-corrected chi connectivity index (χ2v) is 14.3. The van der Waals surface area contributed by atoms with Crippen LogP contribution in [0.2, 0.25) is 0 Å². The second-order valence-electron chi connectivity index (χ2n) is 12.2. The van der Waals surface area contributed by atoms with Gasteiger partial charge in [-0.25, -0.2) is 22.5 Å². The first kappa shape index (κ1) is 34.8. The van der Waals surface area contributed by atoms with Gasteiger partial charge in [-0.1, -0.05) is 19.1 Å². The molecule has 0 saturated carbocycles. The topological polar surface area (TPSA) is 151 Å². The zero-order valence-corrected chi connectivity index (χ0v) is 29.0. The van der Waals surface area contributed by atoms with Crippen molar-refractivity contribution in [3.63, 3.8) is 0 Å². The van der Waals surface area contributed by atoms with Crippen molar-refractivity contribution in [3.05, 3.63) is 119 Å². The highest BCUT2D eigenvalue weighted by Gasteiger charge is 2.44. The van der Waals surface area contributed by atoms with Gasteiger partial charge < -0.3 is 24.8 Å². The smallest absolute Gasteiger partial charge is 0.350 e. The lowest BCUT2D eigenvalue weighted by Crippen LogP contribution is -2.32. The van der Waals surface area contributed by atoms with E-state index in [-0.39, 0.29) is 29.3 Å². The Morgan fingerprint density at radius 3 is 2.26 bits per heavy atom. The molecule has 14 heteroatoms. The van der Waals surface area contributed by atoms with Crippen LogP contribution in [0.3, 0.4) is 0 Å². The number of rotatable bonds is 15. The van der Waals surface area contributed by atoms with Crippen LogP contribution < -0.4 is 21.1 Å². The first-order chi connectivity index (χ1) is 24.1. The highest BCUT2D eigenvalue weighted by Crippen LogP contribution is 2.38. The number of anilines is 2. The average Bonchev–Trinajstić information content (AvgIpc) is 3.73. The number of benzene rings is 3. The van der Waals surface area contributed by atoms with Crippen molar-refractivity contribution in [1.82, 2.24) is 24.5 Å². The Balaban J connectivity index is 0.982. The molecule has 0 radical (unpaired) electrons. The van der Waals surface area contributed by atoms with E-state index in [9.17, 15) is 13.2 Å². The Morgan fingerprint density at radius 2 is 1.64 bits per heavy atom. The summed E-state index contributed by atoms with van der Waals surface area (Å²) in [5, 5.41) is 18.9. The Bertz CT molecular complexity index is 2020. The van der Waals surface area contributed by atoms with Gasteiger partial charge in [0.2, 0.25) is 0 Å². The number of aromatic nitrogens is 5. The highest BCUT2D eigenvalue weighted by molar-refractivity contribution is 7.90. The van der Waals surface area contributed by atoms with E-state index in [4.69, 9.17) is 14.2 Å². The van der Waals surface area contributed by atoms with Crippen molar-refractivity contribution in [2.75, 3.05) is 43.2 Å². The Hall–Kier alpha value is -5.05. The number of nitrogens with one attached hydrogen (secondary N) is 2. The predicted molar refractivity (Wildman–Crippen MR) is 190 cm³/mol. The third kappa shape index (κ3) is 8.21. The lowest BCUT2D eigenvalue weighted by Gasteiger charge is -2.29. The standard InChI is InChI=1S/C36H41N7O6S/c1-4-26(2)43-35(44)42(25-41-43)31-11-7-29(8-12-31)37-19-20-38-30-9-13-32(14-10-30)47-23-33-24-48-36(49-33,21-27-17-18-39-40-22-27)28-5-15-34(16-6-28)50(3,45)46/h5-18,22,25-26,33,37-38H,4,19-21,23-24H2,1-3H3/t26?,33-,36+/m1/s1. The molecule has 262 valence electrons. The normalized spacial score (nSPS) is 18.1. The van der Waals surface area contributed by atoms with Gasteiger partial charge in [0.05, 0.1) is 29.4 Å². The number of hydrogen-bond donors (Lipinski definition) is 2. The Labute approximate surface area is 291 Å². The van der Waals surface area contributed by atoms with Gasteiger partial charge in [0.1, 0.15) is 24.8 Å². The van der Waals surface area contributed by atoms with Gasteiger partial charge in [-0.3, -0.25) is 0 Å². The van der Waals surface area contributed by atoms with Gasteiger partial charge in [0.25, 0.3) is 0 Å². The average molecular weight is 700 g/mol. The summed E-state index contributed by atoms with van der Waals surface area (Å²) in [4.78, 5) is 12.9. The van der Waals surface area contributed by atoms with Crippen LogP contribution in [0.25, 0.3) is 5.69 Å². The molecule has 1 saturated heterocycles. The summed E-state index contributed by atoms with van der Waals surface area (Å²) < 4.78 is 45.9. The second kappa shape index (κ2) is 15.2. The van der Waals surface area contributed by atoms with Gasteiger partial charge >= 0.3 is 5.69 Å². The summed E-state index contributed by atoms with van der Waals surface area (Å²) in [7, 11) is -3.34. The number of ether oxygens (including phenoxy) is 3. The summed E-state index contributed by atoms with van der Waals surface area (Å²) in [6.07, 6.45) is 6.84. The fraction of sp³-hybridized carbons (Fsp3) is 0.333. The molecule has 1 aliphatic heterocycles. The molecule has 0 amide bonds. The first-order valence-corrected chi connectivity index (χ1v) is 18.4. The maximum atomic E-state index is 12.7. The molecule has 1 fully saturated rings. The summed E-state index contributed by atoms with van der Waals surface area (Å²) in [6, 6.07) is 23.9. The minimum atomic E-state index is -3.34. The summed E-state index contributed by atoms with van der Waals surface area (Å²) >= 11 is 0. The summed E-state index contributed by atoms with van der Waals surface area (Å²) in [5.74, 6) is -0.437. The van der Waals surface area contributed by atoms with Crippen LogP contribution in [0.4, 0.5) is 11.4 Å². The van der Waals surface area contributed by atoms with Gasteiger partial charge in [-0.15, -0.1) is 0 Å². The number of nitrogens with zero attached hydrogens (tertiary/aromatic N) is 5. The van der Waals surface area contributed by atoms with Crippen molar-refractivity contribution < 1.29 is 22.6 Å². The molecule has 3 atom stereocenters. The van der Waals surface area contributed by atoms with Crippen LogP contribution >= 0.6 is 0 Å². The lowest BCUT2D eigenvalue weighted by atomic mass is 9.98. The molecule has 0 aliphatic carbocycles. The van der Waals surface area contributed by atoms with E-state index in [0.29, 0.717) is 37.4 Å². The molecule has 50 heavy (non-hydrogen) atoms. The largest absolute Gasteiger partial charge is 0.491 e. The van der Waals surface area contributed by atoms with Crippen LogP contribution in [0.1, 0.15) is 37.4 Å². The third-order valence-corrected chi connectivity index (χ3v) is 9.71. The third-order valence-electron chi connectivity index (χ3n) is 8.58. The molecular weight excluding hydrogens is 659 g/mol. The minimum absolute atomic E-state index is 0.0502. The molecule has 13 nitrogen and oxygen atoms in total. The summed E-state index contributed by atoms with van der Waals surface area (Å²) in [6.45, 7) is 5.95. The van der Waals surface area contributed by atoms with E-state index in [2.05, 4.69) is 25.9 Å². The number of hydrogen-bond acceptors (Lipinski definition) is 11. The molecule has 5 aromatic rings. The van der Waals surface area contributed by atoms with E-state index in [1.807, 2.05) is 68.4 Å². The summed E-state index contributed by atoms with van der Waals surface area (Å²) in [5.41, 5.74) is 4.10. The van der Waals surface area contributed by atoms with Crippen molar-refractivity contribution in [3.8, 4) is 11.4 Å². The SMILES string of the molecule is CCC(C)n1ncn(-c2ccc(NCCNc3ccc(OC[C@@H]4CO[C@](Cc5ccnnc5)(c5ccc(S(C)(=O)=O)cc5)O4)cc3)cc2)c1=O. The molecular formula is C36H41N7O6S. The Morgan fingerprint density at radius 1 is 0.960 bits per heavy atom. The molecule has 3 aromatic carbocycles. The molecule has 6 rings (SSSR count). The van der Waals surface area contributed by atoms with E-state index in [1.165, 1.54) is 10.9 Å². The van der Waals surface area contributed by atoms with Crippen molar-refractivity contribution in [2.45, 2.75) is 49.5 Å². The Kier molecular flexibility index (Phi) is 10.6. The van der Waals surface area contributed by atoms with E-state index >= 15 is 0 Å². The van der Waals surface area contributed by atoms with E-state index < -0.39 is 15.6 Å². The first-order valence-electron chi connectivity index (χ1n) is 16.5. The molecule has 1 aliphatic rings. The van der Waals surface area contributed by atoms with E-state index in [1.54, 1.807) is 47.6 Å². The predicted octanol–water partition coefficient (Wildman–Crippen LogP) is 4.61. The van der Waals surface area contributed by atoms with Gasteiger partial charge in [0, 0.05) is 48.9 Å². The molecule has 3 heterocycles. The van der Waals surface area contributed by atoms with E-state index in [0.717, 1.165) is 29.0 Å². The fourth-order valence-corrected chi connectivity index (χ4v) is 6.25. The quantitative estimate of drug-likeness (QED) is 0.147. The van der Waals surface area contributed by atoms with Crippen LogP contribution in [-0.4, -0.2) is 71.6 Å². The monoisotopic (exact) mass is 699 g/mol. The highest BCUT2D eigenvalue weighted by atomic mass is 32.2. The van der Waals surface area contributed by atoms with Crippen molar-refractivity contribution >= 4 is 21.2 Å². The lowest BCUT2D eigenvalue weighted by molar-refractivity contribution is -0.178. The molecule has 2 N–H and O–H groups in total. The molecule has 0 spiro atoms. The zero-order valence-electron chi connectivity index (χ0n) is 28.2. The van der Waals surface area contributed by atoms with Crippen molar-refractivity contribution in [1.29, 1.82) is 0 Å². The minimum Gasteiger partial charge on any atom is -0.491 e. The van der Waals surface area contributed by atoms with Crippen LogP contribution in [0, 0.1) is 0 Å². The number of sulfone groups is 1. The fourth-order valence-electron chi connectivity index (χ4n) is 5.62. The van der Waals surface area contributed by atoms with Crippen LogP contribution in [0.5, 0.6) is 5.75 Å².